The molecule has 1 unspecified atom stereocenters. The maximum absolute atomic E-state index is 11.7. The van der Waals surface area contributed by atoms with Gasteiger partial charge in [-0.1, -0.05) is 28.1 Å². The van der Waals surface area contributed by atoms with Gasteiger partial charge in [-0.2, -0.15) is 0 Å². The highest BCUT2D eigenvalue weighted by Gasteiger charge is 2.33. The van der Waals surface area contributed by atoms with Crippen LogP contribution < -0.4 is 0 Å². The van der Waals surface area contributed by atoms with Crippen molar-refractivity contribution in [1.82, 2.24) is 0 Å². The topological polar surface area (TPSA) is 17.1 Å². The van der Waals surface area contributed by atoms with Gasteiger partial charge in [0.1, 0.15) is 5.78 Å². The standard InChI is InChI=1S/C12H12BrIO/c13-11(12(15)9-3-4-9)7-8-1-5-10(14)6-2-8/h1-2,5-6,9,11H,3-4,7H2. The van der Waals surface area contributed by atoms with Gasteiger partial charge in [0.05, 0.1) is 4.83 Å². The van der Waals surface area contributed by atoms with E-state index in [-0.39, 0.29) is 4.83 Å². The van der Waals surface area contributed by atoms with Gasteiger partial charge in [0, 0.05) is 9.49 Å². The van der Waals surface area contributed by atoms with E-state index in [1.54, 1.807) is 0 Å². The van der Waals surface area contributed by atoms with E-state index in [2.05, 4.69) is 62.8 Å². The van der Waals surface area contributed by atoms with Crippen molar-refractivity contribution in [3.63, 3.8) is 0 Å². The summed E-state index contributed by atoms with van der Waals surface area (Å²) in [5.41, 5.74) is 1.23. The van der Waals surface area contributed by atoms with Crippen LogP contribution in [0.4, 0.5) is 0 Å². The molecule has 0 saturated heterocycles. The highest BCUT2D eigenvalue weighted by molar-refractivity contribution is 14.1. The van der Waals surface area contributed by atoms with Crippen LogP contribution in [0.3, 0.4) is 0 Å². The molecule has 1 aromatic carbocycles. The van der Waals surface area contributed by atoms with Crippen molar-refractivity contribution in [2.24, 2.45) is 5.92 Å². The first kappa shape index (κ1) is 11.6. The van der Waals surface area contributed by atoms with E-state index in [1.807, 2.05) is 0 Å². The van der Waals surface area contributed by atoms with Crippen molar-refractivity contribution in [3.05, 3.63) is 33.4 Å². The van der Waals surface area contributed by atoms with Crippen molar-refractivity contribution in [2.45, 2.75) is 24.1 Å². The Balaban J connectivity index is 1.95. The van der Waals surface area contributed by atoms with E-state index in [0.717, 1.165) is 19.3 Å². The highest BCUT2D eigenvalue weighted by atomic mass is 127. The number of carbonyl (C=O) groups is 1. The molecule has 15 heavy (non-hydrogen) atoms. The number of rotatable bonds is 4. The van der Waals surface area contributed by atoms with Crippen LogP contribution in [0, 0.1) is 9.49 Å². The maximum atomic E-state index is 11.7. The fraction of sp³-hybridized carbons (Fsp3) is 0.417. The lowest BCUT2D eigenvalue weighted by atomic mass is 10.1. The number of hydrogen-bond donors (Lipinski definition) is 0. The van der Waals surface area contributed by atoms with Crippen molar-refractivity contribution in [3.8, 4) is 0 Å². The monoisotopic (exact) mass is 378 g/mol. The minimum absolute atomic E-state index is 0.00469. The molecule has 0 heterocycles. The molecule has 0 N–H and O–H groups in total. The van der Waals surface area contributed by atoms with Crippen molar-refractivity contribution in [2.75, 3.05) is 0 Å². The Labute approximate surface area is 112 Å². The van der Waals surface area contributed by atoms with Gasteiger partial charge in [0.15, 0.2) is 0 Å². The molecular weight excluding hydrogens is 367 g/mol. The minimum Gasteiger partial charge on any atom is -0.298 e. The van der Waals surface area contributed by atoms with Gasteiger partial charge in [-0.25, -0.2) is 0 Å². The summed E-state index contributed by atoms with van der Waals surface area (Å²) in [5, 5.41) is 0. The van der Waals surface area contributed by atoms with E-state index < -0.39 is 0 Å². The maximum Gasteiger partial charge on any atom is 0.149 e. The molecule has 0 spiro atoms. The molecule has 3 heteroatoms. The Morgan fingerprint density at radius 2 is 2.00 bits per heavy atom. The molecule has 1 atom stereocenters. The van der Waals surface area contributed by atoms with Gasteiger partial charge in [-0.15, -0.1) is 0 Å². The predicted octanol–water partition coefficient (Wildman–Crippen LogP) is 3.58. The molecule has 0 radical (unpaired) electrons. The second-order valence-corrected chi connectivity index (χ2v) is 6.33. The van der Waals surface area contributed by atoms with Crippen LogP contribution in [0.5, 0.6) is 0 Å². The van der Waals surface area contributed by atoms with Crippen LogP contribution in [0.1, 0.15) is 18.4 Å². The van der Waals surface area contributed by atoms with Crippen LogP contribution in [-0.4, -0.2) is 10.6 Å². The zero-order chi connectivity index (χ0) is 10.8. The van der Waals surface area contributed by atoms with Crippen LogP contribution in [-0.2, 0) is 11.2 Å². The number of carbonyl (C=O) groups excluding carboxylic acids is 1. The number of alkyl halides is 1. The van der Waals surface area contributed by atoms with E-state index in [9.17, 15) is 4.79 Å². The Morgan fingerprint density at radius 1 is 1.40 bits per heavy atom. The number of hydrogen-bond acceptors (Lipinski definition) is 1. The Morgan fingerprint density at radius 3 is 2.53 bits per heavy atom. The van der Waals surface area contributed by atoms with Gasteiger partial charge in [-0.05, 0) is 59.5 Å². The number of benzene rings is 1. The summed E-state index contributed by atoms with van der Waals surface area (Å²) in [6, 6.07) is 8.35. The summed E-state index contributed by atoms with van der Waals surface area (Å²) in [6.45, 7) is 0. The third kappa shape index (κ3) is 3.28. The first-order valence-corrected chi connectivity index (χ1v) is 7.08. The van der Waals surface area contributed by atoms with Crippen molar-refractivity contribution in [1.29, 1.82) is 0 Å². The highest BCUT2D eigenvalue weighted by Crippen LogP contribution is 2.33. The molecule has 2 rings (SSSR count). The summed E-state index contributed by atoms with van der Waals surface area (Å²) in [7, 11) is 0. The molecule has 1 saturated carbocycles. The molecule has 1 aromatic rings. The normalized spacial score (nSPS) is 17.5. The van der Waals surface area contributed by atoms with Crippen LogP contribution >= 0.6 is 38.5 Å². The molecular formula is C12H12BrIO. The van der Waals surface area contributed by atoms with Crippen LogP contribution in [0.25, 0.3) is 0 Å². The van der Waals surface area contributed by atoms with E-state index in [0.29, 0.717) is 11.7 Å². The summed E-state index contributed by atoms with van der Waals surface area (Å²) in [4.78, 5) is 11.7. The van der Waals surface area contributed by atoms with Gasteiger partial charge < -0.3 is 0 Å². The van der Waals surface area contributed by atoms with E-state index in [4.69, 9.17) is 0 Å². The van der Waals surface area contributed by atoms with Crippen LogP contribution in [0.15, 0.2) is 24.3 Å². The predicted molar refractivity (Wildman–Crippen MR) is 73.3 cm³/mol. The van der Waals surface area contributed by atoms with E-state index in [1.165, 1.54) is 9.13 Å². The number of Topliss-reactive ketones (excluding diaryl/α,β-unsaturated/α-hetero) is 1. The molecule has 1 aliphatic carbocycles. The third-order valence-electron chi connectivity index (χ3n) is 2.62. The molecule has 0 aromatic heterocycles. The van der Waals surface area contributed by atoms with Gasteiger partial charge in [0.2, 0.25) is 0 Å². The molecule has 1 fully saturated rings. The summed E-state index contributed by atoms with van der Waals surface area (Å²) in [5.74, 6) is 0.728. The summed E-state index contributed by atoms with van der Waals surface area (Å²) in [6.07, 6.45) is 2.99. The van der Waals surface area contributed by atoms with Crippen molar-refractivity contribution < 1.29 is 4.79 Å². The molecule has 1 aliphatic rings. The Hall–Kier alpha value is 0.1000. The summed E-state index contributed by atoms with van der Waals surface area (Å²) < 4.78 is 1.23. The lowest BCUT2D eigenvalue weighted by Crippen LogP contribution is -2.18. The lowest BCUT2D eigenvalue weighted by molar-refractivity contribution is -0.119. The SMILES string of the molecule is O=C(C(Br)Cc1ccc(I)cc1)C1CC1. The first-order chi connectivity index (χ1) is 7.16. The zero-order valence-corrected chi connectivity index (χ0v) is 12.0. The van der Waals surface area contributed by atoms with Crippen molar-refractivity contribution >= 4 is 44.3 Å². The molecule has 1 nitrogen and oxygen atoms in total. The third-order valence-corrected chi connectivity index (χ3v) is 4.11. The zero-order valence-electron chi connectivity index (χ0n) is 8.25. The average Bonchev–Trinajstić information content (AvgIpc) is 3.04. The number of halogens is 2. The fourth-order valence-corrected chi connectivity index (χ4v) is 2.66. The summed E-state index contributed by atoms with van der Waals surface area (Å²) >= 11 is 5.77. The first-order valence-electron chi connectivity index (χ1n) is 5.09. The average molecular weight is 379 g/mol. The number of ketones is 1. The smallest absolute Gasteiger partial charge is 0.149 e. The molecule has 0 bridgehead atoms. The fourth-order valence-electron chi connectivity index (χ4n) is 1.55. The van der Waals surface area contributed by atoms with Gasteiger partial charge in [0.25, 0.3) is 0 Å². The minimum atomic E-state index is 0.00469. The second-order valence-electron chi connectivity index (χ2n) is 3.97. The van der Waals surface area contributed by atoms with Gasteiger partial charge >= 0.3 is 0 Å². The Bertz CT molecular complexity index is 356. The molecule has 0 aliphatic heterocycles. The Kier molecular flexibility index (Phi) is 3.83. The van der Waals surface area contributed by atoms with E-state index >= 15 is 0 Å². The lowest BCUT2D eigenvalue weighted by Gasteiger charge is -2.08. The quantitative estimate of drug-likeness (QED) is 0.578. The molecule has 0 amide bonds. The van der Waals surface area contributed by atoms with Crippen LogP contribution in [0.2, 0.25) is 0 Å². The second kappa shape index (κ2) is 4.95. The molecule has 80 valence electrons. The van der Waals surface area contributed by atoms with Gasteiger partial charge in [-0.3, -0.25) is 4.79 Å². The largest absolute Gasteiger partial charge is 0.298 e.